The van der Waals surface area contributed by atoms with Crippen molar-refractivity contribution in [2.45, 2.75) is 9.79 Å². The number of sulfone groups is 1. The van der Waals surface area contributed by atoms with Gasteiger partial charge in [0.1, 0.15) is 4.90 Å². The molecule has 35 heavy (non-hydrogen) atoms. The van der Waals surface area contributed by atoms with Gasteiger partial charge in [0, 0.05) is 11.8 Å². The van der Waals surface area contributed by atoms with Crippen molar-refractivity contribution in [2.24, 2.45) is 0 Å². The van der Waals surface area contributed by atoms with Gasteiger partial charge in [-0.2, -0.15) is 0 Å². The predicted molar refractivity (Wildman–Crippen MR) is 133 cm³/mol. The summed E-state index contributed by atoms with van der Waals surface area (Å²) in [6.45, 7) is 0. The molecule has 0 atom stereocenters. The van der Waals surface area contributed by atoms with Crippen molar-refractivity contribution in [3.05, 3.63) is 101 Å². The number of rotatable bonds is 5. The van der Waals surface area contributed by atoms with Crippen molar-refractivity contribution < 1.29 is 13.2 Å². The molecule has 9 heteroatoms. The van der Waals surface area contributed by atoms with Gasteiger partial charge in [0.15, 0.2) is 0 Å². The van der Waals surface area contributed by atoms with Crippen molar-refractivity contribution in [2.75, 3.05) is 12.8 Å². The number of anilines is 1. The van der Waals surface area contributed by atoms with Gasteiger partial charge in [-0.3, -0.25) is 4.79 Å². The van der Waals surface area contributed by atoms with E-state index in [9.17, 15) is 13.2 Å². The number of benzene rings is 3. The first kappa shape index (κ1) is 22.3. The van der Waals surface area contributed by atoms with Crippen LogP contribution >= 0.6 is 0 Å². The second-order valence-electron chi connectivity index (χ2n) is 7.73. The molecule has 0 saturated carbocycles. The quantitative estimate of drug-likeness (QED) is 0.402. The average molecular weight is 485 g/mol. The Kier molecular flexibility index (Phi) is 5.54. The van der Waals surface area contributed by atoms with Crippen molar-refractivity contribution in [3.8, 4) is 22.7 Å². The minimum atomic E-state index is -3.89. The van der Waals surface area contributed by atoms with Crippen LogP contribution in [-0.4, -0.2) is 30.1 Å². The summed E-state index contributed by atoms with van der Waals surface area (Å²) in [4.78, 5) is 22.0. The second-order valence-corrected chi connectivity index (χ2v) is 9.64. The van der Waals surface area contributed by atoms with Crippen LogP contribution in [0.4, 0.5) is 5.95 Å². The number of hydrogen-bond acceptors (Lipinski definition) is 7. The SMILES string of the molecule is COc1ncc(-c2ccc3nc(N)n(-c4ccccc4)c(=O)c3c2)cc1S(=O)(=O)c1ccccc1. The number of nitrogen functional groups attached to an aromatic ring is 1. The summed E-state index contributed by atoms with van der Waals surface area (Å²) in [7, 11) is -2.53. The average Bonchev–Trinajstić information content (AvgIpc) is 2.89. The fourth-order valence-corrected chi connectivity index (χ4v) is 5.29. The summed E-state index contributed by atoms with van der Waals surface area (Å²) in [6.07, 6.45) is 1.50. The van der Waals surface area contributed by atoms with E-state index in [-0.39, 0.29) is 27.2 Å². The lowest BCUT2D eigenvalue weighted by atomic mass is 10.1. The molecule has 2 heterocycles. The van der Waals surface area contributed by atoms with Gasteiger partial charge in [-0.15, -0.1) is 0 Å². The standard InChI is InChI=1S/C26H20N4O4S/c1-34-24-23(35(32,33)20-10-6-3-7-11-20)15-18(16-28-24)17-12-13-22-21(14-17)25(31)30(26(27)29-22)19-8-4-2-5-9-19/h2-16H,1H3,(H2,27,29). The molecule has 0 amide bonds. The molecule has 3 aromatic carbocycles. The molecule has 8 nitrogen and oxygen atoms in total. The van der Waals surface area contributed by atoms with E-state index in [4.69, 9.17) is 10.5 Å². The van der Waals surface area contributed by atoms with Crippen molar-refractivity contribution in [3.63, 3.8) is 0 Å². The highest BCUT2D eigenvalue weighted by atomic mass is 32.2. The number of hydrogen-bond donors (Lipinski definition) is 1. The van der Waals surface area contributed by atoms with Gasteiger partial charge in [-0.25, -0.2) is 23.0 Å². The van der Waals surface area contributed by atoms with Gasteiger partial charge in [0.25, 0.3) is 5.56 Å². The van der Waals surface area contributed by atoms with Crippen LogP contribution in [0.1, 0.15) is 0 Å². The normalized spacial score (nSPS) is 11.5. The van der Waals surface area contributed by atoms with Gasteiger partial charge in [-0.05, 0) is 48.0 Å². The summed E-state index contributed by atoms with van der Waals surface area (Å²) in [5.41, 5.74) is 7.88. The number of para-hydroxylation sites is 1. The number of nitrogens with two attached hydrogens (primary N) is 1. The highest BCUT2D eigenvalue weighted by Gasteiger charge is 2.24. The van der Waals surface area contributed by atoms with E-state index in [1.165, 1.54) is 36.1 Å². The molecule has 0 aliphatic rings. The molecule has 0 spiro atoms. The van der Waals surface area contributed by atoms with E-state index in [1.54, 1.807) is 60.7 Å². The fourth-order valence-electron chi connectivity index (χ4n) is 3.87. The van der Waals surface area contributed by atoms with E-state index in [1.807, 2.05) is 6.07 Å². The summed E-state index contributed by atoms with van der Waals surface area (Å²) in [5, 5.41) is 0.337. The van der Waals surface area contributed by atoms with Gasteiger partial charge < -0.3 is 10.5 Å². The molecule has 2 aromatic heterocycles. The Bertz CT molecular complexity index is 1720. The van der Waals surface area contributed by atoms with E-state index >= 15 is 0 Å². The molecule has 0 bridgehead atoms. The molecule has 0 unspecified atom stereocenters. The fraction of sp³-hybridized carbons (Fsp3) is 0.0385. The molecule has 0 radical (unpaired) electrons. The molecule has 2 N–H and O–H groups in total. The Balaban J connectivity index is 1.69. The van der Waals surface area contributed by atoms with Crippen LogP contribution in [0.5, 0.6) is 5.88 Å². The molecule has 174 valence electrons. The van der Waals surface area contributed by atoms with E-state index in [0.717, 1.165) is 0 Å². The van der Waals surface area contributed by atoms with Crippen molar-refractivity contribution in [1.82, 2.24) is 14.5 Å². The topological polar surface area (TPSA) is 117 Å². The zero-order valence-corrected chi connectivity index (χ0v) is 19.4. The van der Waals surface area contributed by atoms with E-state index < -0.39 is 9.84 Å². The Morgan fingerprint density at radius 2 is 1.57 bits per heavy atom. The Hall–Kier alpha value is -4.50. The Morgan fingerprint density at radius 1 is 0.886 bits per heavy atom. The largest absolute Gasteiger partial charge is 0.480 e. The maximum atomic E-state index is 13.4. The highest BCUT2D eigenvalue weighted by molar-refractivity contribution is 7.91. The molecule has 5 aromatic rings. The lowest BCUT2D eigenvalue weighted by molar-refractivity contribution is 0.385. The molecular weight excluding hydrogens is 464 g/mol. The molecule has 0 saturated heterocycles. The molecule has 0 aliphatic carbocycles. The van der Waals surface area contributed by atoms with Crippen molar-refractivity contribution >= 4 is 26.7 Å². The summed E-state index contributed by atoms with van der Waals surface area (Å²) >= 11 is 0. The van der Waals surface area contributed by atoms with Crippen LogP contribution in [0.2, 0.25) is 0 Å². The van der Waals surface area contributed by atoms with Gasteiger partial charge >= 0.3 is 0 Å². The maximum Gasteiger partial charge on any atom is 0.267 e. The number of methoxy groups -OCH3 is 1. The highest BCUT2D eigenvalue weighted by Crippen LogP contribution is 2.32. The zero-order valence-electron chi connectivity index (χ0n) is 18.6. The number of nitrogens with zero attached hydrogens (tertiary/aromatic N) is 3. The smallest absolute Gasteiger partial charge is 0.267 e. The number of aromatic nitrogens is 3. The lowest BCUT2D eigenvalue weighted by Crippen LogP contribution is -2.23. The first-order chi connectivity index (χ1) is 16.9. The minimum Gasteiger partial charge on any atom is -0.480 e. The first-order valence-corrected chi connectivity index (χ1v) is 12.1. The number of pyridine rings is 1. The number of ether oxygens (including phenoxy) is 1. The van der Waals surface area contributed by atoms with E-state index in [2.05, 4.69) is 9.97 Å². The number of fused-ring (bicyclic) bond motifs is 1. The van der Waals surface area contributed by atoms with Crippen molar-refractivity contribution in [1.29, 1.82) is 0 Å². The second kappa shape index (κ2) is 8.69. The van der Waals surface area contributed by atoms with Crippen LogP contribution in [-0.2, 0) is 9.84 Å². The van der Waals surface area contributed by atoms with Crippen LogP contribution < -0.4 is 16.0 Å². The van der Waals surface area contributed by atoms with Gasteiger partial charge in [-0.1, -0.05) is 42.5 Å². The Labute approximate surface area is 201 Å². The molecule has 0 fully saturated rings. The van der Waals surface area contributed by atoms with Crippen LogP contribution in [0, 0.1) is 0 Å². The zero-order chi connectivity index (χ0) is 24.6. The predicted octanol–water partition coefficient (Wildman–Crippen LogP) is 3.87. The monoisotopic (exact) mass is 484 g/mol. The molecule has 0 aliphatic heterocycles. The van der Waals surface area contributed by atoms with Crippen LogP contribution in [0.3, 0.4) is 0 Å². The molecular formula is C26H20N4O4S. The third-order valence-electron chi connectivity index (χ3n) is 5.60. The van der Waals surface area contributed by atoms with Crippen LogP contribution in [0.25, 0.3) is 27.7 Å². The third-order valence-corrected chi connectivity index (χ3v) is 7.36. The lowest BCUT2D eigenvalue weighted by Gasteiger charge is -2.13. The van der Waals surface area contributed by atoms with Crippen LogP contribution in [0.15, 0.2) is 106 Å². The third kappa shape index (κ3) is 3.91. The summed E-state index contributed by atoms with van der Waals surface area (Å²) in [5.74, 6) is 0.0584. The molecule has 5 rings (SSSR count). The Morgan fingerprint density at radius 3 is 2.26 bits per heavy atom. The van der Waals surface area contributed by atoms with Gasteiger partial charge in [0.2, 0.25) is 21.7 Å². The summed E-state index contributed by atoms with van der Waals surface area (Å²) in [6, 6.07) is 23.6. The minimum absolute atomic E-state index is 0.0146. The first-order valence-electron chi connectivity index (χ1n) is 10.6. The van der Waals surface area contributed by atoms with E-state index in [0.29, 0.717) is 27.7 Å². The maximum absolute atomic E-state index is 13.4. The van der Waals surface area contributed by atoms with Gasteiger partial charge in [0.05, 0.1) is 28.6 Å². The summed E-state index contributed by atoms with van der Waals surface area (Å²) < 4.78 is 33.2.